The summed E-state index contributed by atoms with van der Waals surface area (Å²) in [6.45, 7) is 13.3. The molecule has 214 valence electrons. The maximum Gasteiger partial charge on any atom is 0.339 e. The van der Waals surface area contributed by atoms with Crippen LogP contribution in [0.15, 0.2) is 23.0 Å². The van der Waals surface area contributed by atoms with E-state index in [0.29, 0.717) is 25.7 Å². The number of hydrogen-bond donors (Lipinski definition) is 1. The molecule has 3 aliphatic carbocycles. The van der Waals surface area contributed by atoms with Gasteiger partial charge in [-0.2, -0.15) is 0 Å². The Bertz CT molecular complexity index is 1210. The van der Waals surface area contributed by atoms with Crippen LogP contribution in [-0.2, 0) is 33.3 Å². The number of aliphatic hydroxyl groups excluding tert-OH is 1. The number of cyclic esters (lactones) is 1. The molecule has 6 rings (SSSR count). The van der Waals surface area contributed by atoms with E-state index in [9.17, 15) is 19.5 Å². The van der Waals surface area contributed by atoms with Crippen LogP contribution in [0, 0.1) is 33.5 Å². The number of hydrogen-bond acceptors (Lipinski definition) is 9. The predicted molar refractivity (Wildman–Crippen MR) is 136 cm³/mol. The molecule has 2 saturated heterocycles. The van der Waals surface area contributed by atoms with Crippen molar-refractivity contribution in [2.24, 2.45) is 33.5 Å². The molecule has 0 unspecified atom stereocenters. The van der Waals surface area contributed by atoms with Gasteiger partial charge in [0.25, 0.3) is 0 Å². The molecule has 39 heavy (non-hydrogen) atoms. The number of furan rings is 1. The maximum atomic E-state index is 13.4. The van der Waals surface area contributed by atoms with Crippen molar-refractivity contribution in [3.8, 4) is 0 Å². The lowest BCUT2D eigenvalue weighted by Crippen LogP contribution is -2.75. The second-order valence-corrected chi connectivity index (χ2v) is 13.8. The van der Waals surface area contributed by atoms with Crippen LogP contribution in [0.25, 0.3) is 0 Å². The summed E-state index contributed by atoms with van der Waals surface area (Å²) in [6.07, 6.45) is 2.14. The summed E-state index contributed by atoms with van der Waals surface area (Å²) in [7, 11) is 0. The smallest absolute Gasteiger partial charge is 0.339 e. The van der Waals surface area contributed by atoms with Gasteiger partial charge in [-0.3, -0.25) is 9.59 Å². The highest BCUT2D eigenvalue weighted by Crippen LogP contribution is 2.80. The van der Waals surface area contributed by atoms with E-state index in [2.05, 4.69) is 20.8 Å². The number of fused-ring (bicyclic) bond motifs is 3. The Morgan fingerprint density at radius 1 is 0.974 bits per heavy atom. The average molecular weight is 545 g/mol. The van der Waals surface area contributed by atoms with Crippen molar-refractivity contribution >= 4 is 17.9 Å². The second kappa shape index (κ2) is 8.09. The molecule has 9 nitrogen and oxygen atoms in total. The summed E-state index contributed by atoms with van der Waals surface area (Å²) in [5.74, 6) is -1.49. The SMILES string of the molecule is CC(=O)O[C@H]1C[C@@H]2C(C)(C)[C@@H](O)C[C@@H](OC(C)=O)[C@@]2(C)[C@H]2CC[C@@]3(C)[C@@H](c4ccoc4)OC(=O)[C@H]4O[C@]43[C@@]12C. The number of carbonyl (C=O) groups excluding carboxylic acids is 3. The van der Waals surface area contributed by atoms with Crippen LogP contribution in [0.3, 0.4) is 0 Å². The van der Waals surface area contributed by atoms with Crippen LogP contribution in [0.2, 0.25) is 0 Å². The monoisotopic (exact) mass is 544 g/mol. The fourth-order valence-electron chi connectivity index (χ4n) is 10.2. The highest BCUT2D eigenvalue weighted by Gasteiger charge is 2.89. The van der Waals surface area contributed by atoms with Gasteiger partial charge in [0.05, 0.1) is 18.6 Å². The lowest BCUT2D eigenvalue weighted by molar-refractivity contribution is -0.297. The lowest BCUT2D eigenvalue weighted by atomic mass is 9.34. The summed E-state index contributed by atoms with van der Waals surface area (Å²) < 4.78 is 30.1. The first-order valence-corrected chi connectivity index (χ1v) is 14.1. The van der Waals surface area contributed by atoms with Crippen molar-refractivity contribution in [3.63, 3.8) is 0 Å². The minimum atomic E-state index is -0.963. The molecule has 1 N–H and O–H groups in total. The highest BCUT2D eigenvalue weighted by molar-refractivity contribution is 5.82. The van der Waals surface area contributed by atoms with E-state index < -0.39 is 75.7 Å². The van der Waals surface area contributed by atoms with Gasteiger partial charge in [0, 0.05) is 42.1 Å². The number of ether oxygens (including phenoxy) is 4. The third kappa shape index (κ3) is 3.12. The summed E-state index contributed by atoms with van der Waals surface area (Å²) in [4.78, 5) is 38.3. The molecule has 3 saturated carbocycles. The Kier molecular flexibility index (Phi) is 5.56. The van der Waals surface area contributed by atoms with E-state index >= 15 is 0 Å². The molecule has 1 aromatic rings. The number of aliphatic hydroxyl groups is 1. The Balaban J connectivity index is 1.55. The Hall–Kier alpha value is -2.39. The van der Waals surface area contributed by atoms with Gasteiger partial charge in [0.15, 0.2) is 6.10 Å². The Morgan fingerprint density at radius 3 is 2.26 bits per heavy atom. The van der Waals surface area contributed by atoms with Crippen molar-refractivity contribution < 1.29 is 42.9 Å². The molecule has 1 spiro atoms. The van der Waals surface area contributed by atoms with Crippen LogP contribution in [0.4, 0.5) is 0 Å². The van der Waals surface area contributed by atoms with E-state index in [1.807, 2.05) is 19.9 Å². The first-order chi connectivity index (χ1) is 18.2. The van der Waals surface area contributed by atoms with Gasteiger partial charge < -0.3 is 28.5 Å². The van der Waals surface area contributed by atoms with Crippen molar-refractivity contribution in [1.82, 2.24) is 0 Å². The van der Waals surface area contributed by atoms with Gasteiger partial charge in [0.2, 0.25) is 0 Å². The van der Waals surface area contributed by atoms with Crippen LogP contribution < -0.4 is 0 Å². The maximum absolute atomic E-state index is 13.4. The first kappa shape index (κ1) is 26.8. The third-order valence-corrected chi connectivity index (χ3v) is 11.9. The zero-order chi connectivity index (χ0) is 28.3. The van der Waals surface area contributed by atoms with Gasteiger partial charge in [-0.25, -0.2) is 4.79 Å². The van der Waals surface area contributed by atoms with E-state index in [4.69, 9.17) is 23.4 Å². The number of epoxide rings is 1. The average Bonchev–Trinajstić information content (AvgIpc) is 3.41. The molecular weight excluding hydrogens is 504 g/mol. The van der Waals surface area contributed by atoms with Gasteiger partial charge >= 0.3 is 17.9 Å². The fourth-order valence-corrected chi connectivity index (χ4v) is 10.2. The Labute approximate surface area is 228 Å². The molecule has 0 amide bonds. The molecule has 0 radical (unpaired) electrons. The molecule has 3 heterocycles. The molecule has 0 aromatic carbocycles. The van der Waals surface area contributed by atoms with E-state index in [1.54, 1.807) is 12.5 Å². The topological polar surface area (TPSA) is 125 Å². The number of rotatable bonds is 3. The fraction of sp³-hybridized carbons (Fsp3) is 0.767. The van der Waals surface area contributed by atoms with Crippen molar-refractivity contribution in [1.29, 1.82) is 0 Å². The van der Waals surface area contributed by atoms with Gasteiger partial charge in [-0.15, -0.1) is 0 Å². The lowest BCUT2D eigenvalue weighted by Gasteiger charge is -2.71. The molecular formula is C30H40O9. The van der Waals surface area contributed by atoms with Gasteiger partial charge in [0.1, 0.15) is 23.9 Å². The van der Waals surface area contributed by atoms with Crippen molar-refractivity contribution in [2.75, 3.05) is 0 Å². The van der Waals surface area contributed by atoms with Gasteiger partial charge in [-0.05, 0) is 42.6 Å². The Morgan fingerprint density at radius 2 is 1.64 bits per heavy atom. The normalized spacial score (nSPS) is 49.3. The molecule has 9 heteroatoms. The molecule has 0 bridgehead atoms. The first-order valence-electron chi connectivity index (χ1n) is 14.1. The highest BCUT2D eigenvalue weighted by atomic mass is 16.7. The molecule has 1 aromatic heterocycles. The summed E-state index contributed by atoms with van der Waals surface area (Å²) in [5, 5.41) is 11.3. The number of carbonyl (C=O) groups is 3. The van der Waals surface area contributed by atoms with E-state index in [1.165, 1.54) is 13.8 Å². The van der Waals surface area contributed by atoms with E-state index in [0.717, 1.165) is 5.56 Å². The minimum Gasteiger partial charge on any atom is -0.472 e. The standard InChI is InChI=1S/C30H40O9/c1-15(31)36-21-13-20(33)26(3,4)19-12-22(37-16(2)32)29(7)18(28(19,21)6)8-10-27(5)23(17-9-11-35-14-17)38-25(34)24-30(27,29)39-24/h9,11,14,18-24,33H,8,10,12-13H2,1-7H3/t18-,19-,20+,21-,22+,23-,24-,27+,28+,29-,30-/m1/s1. The molecule has 5 aliphatic rings. The van der Waals surface area contributed by atoms with E-state index in [-0.39, 0.29) is 11.8 Å². The summed E-state index contributed by atoms with van der Waals surface area (Å²) in [6, 6.07) is 1.82. The third-order valence-electron chi connectivity index (χ3n) is 11.9. The van der Waals surface area contributed by atoms with Crippen molar-refractivity contribution in [2.45, 2.75) is 110 Å². The minimum absolute atomic E-state index is 0.126. The summed E-state index contributed by atoms with van der Waals surface area (Å²) >= 11 is 0. The quantitative estimate of drug-likeness (QED) is 0.340. The zero-order valence-corrected chi connectivity index (χ0v) is 23.8. The van der Waals surface area contributed by atoms with Crippen molar-refractivity contribution in [3.05, 3.63) is 24.2 Å². The molecule has 2 aliphatic heterocycles. The van der Waals surface area contributed by atoms with Crippen LogP contribution in [-0.4, -0.2) is 53.0 Å². The zero-order valence-electron chi connectivity index (χ0n) is 23.8. The molecule has 5 fully saturated rings. The van der Waals surface area contributed by atoms with Gasteiger partial charge in [-0.1, -0.05) is 34.6 Å². The summed E-state index contributed by atoms with van der Waals surface area (Å²) in [5.41, 5.74) is -2.72. The molecule has 11 atom stereocenters. The number of esters is 3. The van der Waals surface area contributed by atoms with Crippen LogP contribution in [0.5, 0.6) is 0 Å². The van der Waals surface area contributed by atoms with Crippen LogP contribution in [0.1, 0.15) is 85.8 Å². The van der Waals surface area contributed by atoms with Crippen LogP contribution >= 0.6 is 0 Å². The largest absolute Gasteiger partial charge is 0.472 e. The predicted octanol–water partition coefficient (Wildman–Crippen LogP) is 4.12. The second-order valence-electron chi connectivity index (χ2n) is 13.8.